The van der Waals surface area contributed by atoms with Gasteiger partial charge in [-0.2, -0.15) is 0 Å². The van der Waals surface area contributed by atoms with Crippen molar-refractivity contribution < 1.29 is 4.79 Å². The zero-order valence-electron chi connectivity index (χ0n) is 7.58. The van der Waals surface area contributed by atoms with Gasteiger partial charge < -0.3 is 10.6 Å². The van der Waals surface area contributed by atoms with Gasteiger partial charge in [-0.3, -0.25) is 4.79 Å². The van der Waals surface area contributed by atoms with Gasteiger partial charge in [-0.05, 0) is 18.6 Å². The van der Waals surface area contributed by atoms with Crippen LogP contribution in [0.15, 0.2) is 18.2 Å². The topological polar surface area (TPSA) is 46.3 Å². The quantitative estimate of drug-likeness (QED) is 0.654. The van der Waals surface area contributed by atoms with Gasteiger partial charge in [-0.1, -0.05) is 12.1 Å². The molecule has 2 N–H and O–H groups in total. The number of nitrogen functional groups attached to an aromatic ring is 1. The number of rotatable bonds is 1. The molecule has 68 valence electrons. The van der Waals surface area contributed by atoms with Gasteiger partial charge in [0.05, 0.1) is 5.56 Å². The molecule has 1 aromatic carbocycles. The lowest BCUT2D eigenvalue weighted by Gasteiger charge is -2.11. The normalized spacial score (nSPS) is 14.8. The van der Waals surface area contributed by atoms with Crippen molar-refractivity contribution in [3.63, 3.8) is 0 Å². The molecule has 0 aromatic heterocycles. The highest BCUT2D eigenvalue weighted by Gasteiger charge is 2.27. The van der Waals surface area contributed by atoms with Gasteiger partial charge in [-0.25, -0.2) is 0 Å². The van der Waals surface area contributed by atoms with Crippen LogP contribution in [-0.2, 0) is 6.54 Å². The molecule has 0 saturated heterocycles. The number of hydrogen-bond acceptors (Lipinski definition) is 2. The Labute approximate surface area is 77.1 Å². The maximum Gasteiger partial charge on any atom is 0.256 e. The van der Waals surface area contributed by atoms with Crippen molar-refractivity contribution in [1.29, 1.82) is 0 Å². The van der Waals surface area contributed by atoms with E-state index in [1.165, 1.54) is 0 Å². The first-order valence-corrected chi connectivity index (χ1v) is 4.40. The lowest BCUT2D eigenvalue weighted by Crippen LogP contribution is -2.23. The molecule has 0 aliphatic carbocycles. The van der Waals surface area contributed by atoms with E-state index >= 15 is 0 Å². The third kappa shape index (κ3) is 1.08. The standard InChI is InChI=1S/C10H12N2O/c1-2-12-6-7-4-3-5-8(11)9(7)10(12)13/h3-5H,2,6,11H2,1H3. The largest absolute Gasteiger partial charge is 0.398 e. The minimum absolute atomic E-state index is 0.0654. The van der Waals surface area contributed by atoms with Crippen LogP contribution in [0, 0.1) is 0 Å². The lowest BCUT2D eigenvalue weighted by atomic mass is 10.1. The van der Waals surface area contributed by atoms with Gasteiger partial charge in [0.25, 0.3) is 5.91 Å². The van der Waals surface area contributed by atoms with Crippen molar-refractivity contribution in [1.82, 2.24) is 4.90 Å². The first-order chi connectivity index (χ1) is 6.24. The number of hydrogen-bond donors (Lipinski definition) is 1. The zero-order chi connectivity index (χ0) is 9.42. The fourth-order valence-electron chi connectivity index (χ4n) is 1.70. The molecule has 0 fully saturated rings. The van der Waals surface area contributed by atoms with E-state index in [1.54, 1.807) is 11.0 Å². The van der Waals surface area contributed by atoms with E-state index < -0.39 is 0 Å². The second-order valence-corrected chi connectivity index (χ2v) is 3.20. The zero-order valence-corrected chi connectivity index (χ0v) is 7.58. The minimum Gasteiger partial charge on any atom is -0.398 e. The molecule has 1 heterocycles. The summed E-state index contributed by atoms with van der Waals surface area (Å²) in [4.78, 5) is 13.5. The number of anilines is 1. The maximum absolute atomic E-state index is 11.7. The van der Waals surface area contributed by atoms with E-state index in [0.29, 0.717) is 17.8 Å². The minimum atomic E-state index is 0.0654. The number of benzene rings is 1. The van der Waals surface area contributed by atoms with E-state index in [-0.39, 0.29) is 5.91 Å². The van der Waals surface area contributed by atoms with Crippen LogP contribution in [0.1, 0.15) is 22.8 Å². The molecule has 2 rings (SSSR count). The highest BCUT2D eigenvalue weighted by atomic mass is 16.2. The van der Waals surface area contributed by atoms with Crippen molar-refractivity contribution in [3.05, 3.63) is 29.3 Å². The Morgan fingerprint density at radius 2 is 2.31 bits per heavy atom. The molecule has 0 unspecified atom stereocenters. The molecular weight excluding hydrogens is 164 g/mol. The summed E-state index contributed by atoms with van der Waals surface area (Å²) in [5, 5.41) is 0. The summed E-state index contributed by atoms with van der Waals surface area (Å²) in [5.41, 5.74) is 8.07. The molecule has 0 saturated carbocycles. The molecule has 1 aromatic rings. The van der Waals surface area contributed by atoms with Crippen molar-refractivity contribution in [2.75, 3.05) is 12.3 Å². The molecule has 0 radical (unpaired) electrons. The number of nitrogens with two attached hydrogens (primary N) is 1. The third-order valence-corrected chi connectivity index (χ3v) is 2.43. The Bertz CT molecular complexity index is 360. The van der Waals surface area contributed by atoms with Crippen molar-refractivity contribution in [2.45, 2.75) is 13.5 Å². The molecule has 0 bridgehead atoms. The van der Waals surface area contributed by atoms with Crippen LogP contribution in [0.2, 0.25) is 0 Å². The highest BCUT2D eigenvalue weighted by molar-refractivity contribution is 6.02. The predicted octanol–water partition coefficient (Wildman–Crippen LogP) is 1.24. The molecule has 3 heteroatoms. The first kappa shape index (κ1) is 8.10. The van der Waals surface area contributed by atoms with Crippen molar-refractivity contribution >= 4 is 11.6 Å². The van der Waals surface area contributed by atoms with E-state index in [2.05, 4.69) is 0 Å². The van der Waals surface area contributed by atoms with Gasteiger partial charge in [0.15, 0.2) is 0 Å². The van der Waals surface area contributed by atoms with Crippen LogP contribution < -0.4 is 5.73 Å². The summed E-state index contributed by atoms with van der Waals surface area (Å²) in [6, 6.07) is 5.62. The molecule has 1 amide bonds. The van der Waals surface area contributed by atoms with E-state index in [4.69, 9.17) is 5.73 Å². The highest BCUT2D eigenvalue weighted by Crippen LogP contribution is 2.26. The summed E-state index contributed by atoms with van der Waals surface area (Å²) in [5.74, 6) is 0.0654. The van der Waals surface area contributed by atoms with Crippen molar-refractivity contribution in [2.24, 2.45) is 0 Å². The van der Waals surface area contributed by atoms with E-state index in [0.717, 1.165) is 12.1 Å². The average molecular weight is 176 g/mol. The van der Waals surface area contributed by atoms with Crippen molar-refractivity contribution in [3.8, 4) is 0 Å². The molecule has 1 aliphatic heterocycles. The smallest absolute Gasteiger partial charge is 0.256 e. The van der Waals surface area contributed by atoms with Crippen LogP contribution in [0.25, 0.3) is 0 Å². The summed E-state index contributed by atoms with van der Waals surface area (Å²) in [7, 11) is 0. The summed E-state index contributed by atoms with van der Waals surface area (Å²) in [6.07, 6.45) is 0. The monoisotopic (exact) mass is 176 g/mol. The van der Waals surface area contributed by atoms with Crippen LogP contribution in [0.3, 0.4) is 0 Å². The first-order valence-electron chi connectivity index (χ1n) is 4.40. The van der Waals surface area contributed by atoms with E-state index in [1.807, 2.05) is 19.1 Å². The molecule has 0 atom stereocenters. The second-order valence-electron chi connectivity index (χ2n) is 3.20. The SMILES string of the molecule is CCN1Cc2cccc(N)c2C1=O. The third-order valence-electron chi connectivity index (χ3n) is 2.43. The van der Waals surface area contributed by atoms with Crippen LogP contribution in [0.5, 0.6) is 0 Å². The van der Waals surface area contributed by atoms with Crippen LogP contribution >= 0.6 is 0 Å². The van der Waals surface area contributed by atoms with Gasteiger partial charge in [-0.15, -0.1) is 0 Å². The Hall–Kier alpha value is -1.51. The Morgan fingerprint density at radius 3 is 2.92 bits per heavy atom. The number of carbonyl (C=O) groups is 1. The maximum atomic E-state index is 11.7. The van der Waals surface area contributed by atoms with Crippen LogP contribution in [0.4, 0.5) is 5.69 Å². The Kier molecular flexibility index (Phi) is 1.72. The number of fused-ring (bicyclic) bond motifs is 1. The van der Waals surface area contributed by atoms with Gasteiger partial charge in [0, 0.05) is 18.8 Å². The molecule has 1 aliphatic rings. The summed E-state index contributed by atoms with van der Waals surface area (Å²) >= 11 is 0. The molecule has 13 heavy (non-hydrogen) atoms. The Balaban J connectivity index is 2.50. The molecule has 3 nitrogen and oxygen atoms in total. The second kappa shape index (κ2) is 2.76. The number of amides is 1. The molecular formula is C10H12N2O. The van der Waals surface area contributed by atoms with Gasteiger partial charge >= 0.3 is 0 Å². The Morgan fingerprint density at radius 1 is 1.54 bits per heavy atom. The predicted molar refractivity (Wildman–Crippen MR) is 51.3 cm³/mol. The number of nitrogens with zero attached hydrogens (tertiary/aromatic N) is 1. The van der Waals surface area contributed by atoms with E-state index in [9.17, 15) is 4.79 Å². The fourth-order valence-corrected chi connectivity index (χ4v) is 1.70. The number of carbonyl (C=O) groups excluding carboxylic acids is 1. The average Bonchev–Trinajstić information content (AvgIpc) is 2.44. The summed E-state index contributed by atoms with van der Waals surface area (Å²) in [6.45, 7) is 3.42. The van der Waals surface area contributed by atoms with Gasteiger partial charge in [0.1, 0.15) is 0 Å². The fraction of sp³-hybridized carbons (Fsp3) is 0.300. The van der Waals surface area contributed by atoms with Crippen LogP contribution in [-0.4, -0.2) is 17.4 Å². The summed E-state index contributed by atoms with van der Waals surface area (Å²) < 4.78 is 0. The van der Waals surface area contributed by atoms with Gasteiger partial charge in [0.2, 0.25) is 0 Å². The lowest BCUT2D eigenvalue weighted by molar-refractivity contribution is 0.0788. The molecule has 0 spiro atoms.